The Morgan fingerprint density at radius 1 is 1.32 bits per heavy atom. The summed E-state index contributed by atoms with van der Waals surface area (Å²) in [6, 6.07) is 7.52. The zero-order valence-corrected chi connectivity index (χ0v) is 14.1. The van der Waals surface area contributed by atoms with E-state index < -0.39 is 0 Å². The first-order valence-corrected chi connectivity index (χ1v) is 8.10. The molecule has 1 aromatic rings. The third-order valence-electron chi connectivity index (χ3n) is 2.76. The van der Waals surface area contributed by atoms with Crippen LogP contribution in [-0.4, -0.2) is 22.5 Å². The maximum atomic E-state index is 12.2. The van der Waals surface area contributed by atoms with Crippen LogP contribution in [-0.2, 0) is 0 Å². The molecule has 0 aromatic heterocycles. The number of nitrogens with one attached hydrogen (secondary N) is 1. The molecule has 0 spiro atoms. The predicted octanol–water partition coefficient (Wildman–Crippen LogP) is 3.66. The van der Waals surface area contributed by atoms with Crippen molar-refractivity contribution in [3.8, 4) is 5.75 Å². The van der Waals surface area contributed by atoms with Gasteiger partial charge in [-0.05, 0) is 38.0 Å². The lowest BCUT2D eigenvalue weighted by molar-refractivity contribution is 0.0931. The van der Waals surface area contributed by atoms with E-state index in [0.29, 0.717) is 11.5 Å². The van der Waals surface area contributed by atoms with Gasteiger partial charge in [0.1, 0.15) is 5.75 Å². The first-order chi connectivity index (χ1) is 8.93. The quantitative estimate of drug-likeness (QED) is 0.609. The zero-order chi connectivity index (χ0) is 14.4. The number of carbonyl (C=O) groups is 1. The summed E-state index contributed by atoms with van der Waals surface area (Å²) < 4.78 is 6.51. The molecule has 1 rings (SSSR count). The highest BCUT2D eigenvalue weighted by Gasteiger charge is 2.16. The lowest BCUT2D eigenvalue weighted by Crippen LogP contribution is -2.39. The molecule has 1 amide bonds. The van der Waals surface area contributed by atoms with Crippen molar-refractivity contribution in [2.75, 3.05) is 4.43 Å². The molecule has 0 fully saturated rings. The average Bonchev–Trinajstić information content (AvgIpc) is 2.34. The van der Waals surface area contributed by atoms with Crippen LogP contribution < -0.4 is 10.1 Å². The Morgan fingerprint density at radius 2 is 2.00 bits per heavy atom. The fourth-order valence-corrected chi connectivity index (χ4v) is 2.86. The third-order valence-corrected chi connectivity index (χ3v) is 3.70. The summed E-state index contributed by atoms with van der Waals surface area (Å²) in [5, 5.41) is 3.06. The summed E-state index contributed by atoms with van der Waals surface area (Å²) >= 11 is 2.30. The van der Waals surface area contributed by atoms with Gasteiger partial charge in [0.25, 0.3) is 5.91 Å². The van der Waals surface area contributed by atoms with E-state index in [9.17, 15) is 4.79 Å². The van der Waals surface area contributed by atoms with Gasteiger partial charge in [-0.1, -0.05) is 42.5 Å². The lowest BCUT2D eigenvalue weighted by atomic mass is 10.1. The summed E-state index contributed by atoms with van der Waals surface area (Å²) in [5.41, 5.74) is 0.647. The van der Waals surface area contributed by atoms with Crippen LogP contribution in [0.4, 0.5) is 0 Å². The van der Waals surface area contributed by atoms with Crippen LogP contribution in [0, 0.1) is 5.92 Å². The highest BCUT2D eigenvalue weighted by molar-refractivity contribution is 14.1. The molecule has 0 radical (unpaired) electrons. The van der Waals surface area contributed by atoms with Crippen molar-refractivity contribution >= 4 is 28.5 Å². The second-order valence-corrected chi connectivity index (χ2v) is 6.05. The average molecular weight is 375 g/mol. The Hall–Kier alpha value is -0.780. The molecule has 1 atom stereocenters. The van der Waals surface area contributed by atoms with Crippen LogP contribution in [0.1, 0.15) is 38.1 Å². The van der Waals surface area contributed by atoms with E-state index >= 15 is 0 Å². The molecule has 4 heteroatoms. The number of ether oxygens (including phenoxy) is 1. The fourth-order valence-electron chi connectivity index (χ4n) is 1.62. The van der Waals surface area contributed by atoms with Gasteiger partial charge in [-0.3, -0.25) is 4.79 Å². The fraction of sp³-hybridized carbons (Fsp3) is 0.533. The molecule has 0 bridgehead atoms. The molecule has 1 aromatic carbocycles. The second-order valence-electron chi connectivity index (χ2n) is 5.17. The zero-order valence-electron chi connectivity index (χ0n) is 11.9. The number of rotatable bonds is 6. The van der Waals surface area contributed by atoms with E-state index in [1.807, 2.05) is 32.0 Å². The minimum absolute atomic E-state index is 0.0374. The number of hydrogen-bond donors (Lipinski definition) is 1. The third kappa shape index (κ3) is 5.38. The van der Waals surface area contributed by atoms with Gasteiger partial charge in [-0.2, -0.15) is 0 Å². The van der Waals surface area contributed by atoms with Crippen molar-refractivity contribution in [1.82, 2.24) is 5.32 Å². The first-order valence-electron chi connectivity index (χ1n) is 6.57. The Labute approximate surface area is 129 Å². The molecule has 0 aliphatic rings. The SMILES string of the molecule is CC(C)Oc1cccc(C(=O)NC(CI)C(C)C)c1. The molecule has 0 aliphatic heterocycles. The van der Waals surface area contributed by atoms with Crippen molar-refractivity contribution in [1.29, 1.82) is 0 Å². The lowest BCUT2D eigenvalue weighted by Gasteiger charge is -2.20. The minimum atomic E-state index is -0.0374. The van der Waals surface area contributed by atoms with E-state index in [4.69, 9.17) is 4.74 Å². The van der Waals surface area contributed by atoms with Gasteiger partial charge in [0, 0.05) is 16.0 Å². The van der Waals surface area contributed by atoms with Gasteiger partial charge < -0.3 is 10.1 Å². The number of carbonyl (C=O) groups excluding carboxylic acids is 1. The molecule has 1 N–H and O–H groups in total. The number of halogens is 1. The van der Waals surface area contributed by atoms with E-state index in [2.05, 4.69) is 41.8 Å². The largest absolute Gasteiger partial charge is 0.491 e. The maximum Gasteiger partial charge on any atom is 0.251 e. The number of benzene rings is 1. The molecule has 0 saturated heterocycles. The maximum absolute atomic E-state index is 12.2. The molecule has 0 heterocycles. The van der Waals surface area contributed by atoms with Crippen LogP contribution in [0.5, 0.6) is 5.75 Å². The van der Waals surface area contributed by atoms with E-state index in [1.165, 1.54) is 0 Å². The Bertz CT molecular complexity index is 418. The Balaban J connectivity index is 2.76. The highest BCUT2D eigenvalue weighted by atomic mass is 127. The molecule has 106 valence electrons. The van der Waals surface area contributed by atoms with Gasteiger partial charge in [0.2, 0.25) is 0 Å². The summed E-state index contributed by atoms with van der Waals surface area (Å²) in [7, 11) is 0. The molecule has 19 heavy (non-hydrogen) atoms. The Morgan fingerprint density at radius 3 is 2.53 bits per heavy atom. The number of hydrogen-bond acceptors (Lipinski definition) is 2. The van der Waals surface area contributed by atoms with E-state index in [0.717, 1.165) is 10.2 Å². The summed E-state index contributed by atoms with van der Waals surface area (Å²) in [6.45, 7) is 8.17. The standard InChI is InChI=1S/C15H22INO2/c1-10(2)14(9-16)17-15(18)12-6-5-7-13(8-12)19-11(3)4/h5-8,10-11,14H,9H2,1-4H3,(H,17,18). The molecular weight excluding hydrogens is 353 g/mol. The van der Waals surface area contributed by atoms with Crippen molar-refractivity contribution in [3.05, 3.63) is 29.8 Å². The predicted molar refractivity (Wildman–Crippen MR) is 87.2 cm³/mol. The Kier molecular flexibility index (Phi) is 6.62. The normalized spacial score (nSPS) is 12.6. The topological polar surface area (TPSA) is 38.3 Å². The molecule has 3 nitrogen and oxygen atoms in total. The van der Waals surface area contributed by atoms with Crippen LogP contribution in [0.25, 0.3) is 0 Å². The summed E-state index contributed by atoms with van der Waals surface area (Å²) in [5.74, 6) is 1.12. The van der Waals surface area contributed by atoms with E-state index in [-0.39, 0.29) is 18.1 Å². The van der Waals surface area contributed by atoms with Crippen molar-refractivity contribution in [2.45, 2.75) is 39.8 Å². The summed E-state index contributed by atoms with van der Waals surface area (Å²) in [6.07, 6.45) is 0.107. The van der Waals surface area contributed by atoms with Gasteiger partial charge in [0.15, 0.2) is 0 Å². The van der Waals surface area contributed by atoms with Gasteiger partial charge >= 0.3 is 0 Å². The molecular formula is C15H22INO2. The summed E-state index contributed by atoms with van der Waals surface area (Å²) in [4.78, 5) is 12.2. The number of alkyl halides is 1. The smallest absolute Gasteiger partial charge is 0.251 e. The van der Waals surface area contributed by atoms with E-state index in [1.54, 1.807) is 6.07 Å². The minimum Gasteiger partial charge on any atom is -0.491 e. The highest BCUT2D eigenvalue weighted by Crippen LogP contribution is 2.15. The number of amides is 1. The van der Waals surface area contributed by atoms with Crippen LogP contribution in [0.15, 0.2) is 24.3 Å². The monoisotopic (exact) mass is 375 g/mol. The van der Waals surface area contributed by atoms with Gasteiger partial charge in [-0.15, -0.1) is 0 Å². The van der Waals surface area contributed by atoms with Crippen LogP contribution in [0.3, 0.4) is 0 Å². The molecule has 0 aliphatic carbocycles. The second kappa shape index (κ2) is 7.72. The van der Waals surface area contributed by atoms with Crippen molar-refractivity contribution < 1.29 is 9.53 Å². The van der Waals surface area contributed by atoms with Gasteiger partial charge in [-0.25, -0.2) is 0 Å². The molecule has 0 saturated carbocycles. The van der Waals surface area contributed by atoms with Crippen LogP contribution >= 0.6 is 22.6 Å². The molecule has 1 unspecified atom stereocenters. The first kappa shape index (κ1) is 16.3. The van der Waals surface area contributed by atoms with Crippen LogP contribution in [0.2, 0.25) is 0 Å². The van der Waals surface area contributed by atoms with Gasteiger partial charge in [0.05, 0.1) is 6.10 Å². The van der Waals surface area contributed by atoms with Crippen molar-refractivity contribution in [3.63, 3.8) is 0 Å². The van der Waals surface area contributed by atoms with Crippen molar-refractivity contribution in [2.24, 2.45) is 5.92 Å².